The summed E-state index contributed by atoms with van der Waals surface area (Å²) in [5, 5.41) is 3.46. The maximum absolute atomic E-state index is 12.3. The molecule has 0 spiro atoms. The molecule has 0 amide bonds. The van der Waals surface area contributed by atoms with E-state index >= 15 is 0 Å². The van der Waals surface area contributed by atoms with Crippen molar-refractivity contribution in [1.29, 1.82) is 0 Å². The van der Waals surface area contributed by atoms with Gasteiger partial charge in [-0.3, -0.25) is 0 Å². The van der Waals surface area contributed by atoms with Crippen molar-refractivity contribution in [3.63, 3.8) is 0 Å². The number of ether oxygens (including phenoxy) is 1. The number of aryl methyl sites for hydroxylation is 1. The Bertz CT molecular complexity index is 486. The molecule has 0 aromatic heterocycles. The van der Waals surface area contributed by atoms with Gasteiger partial charge in [-0.15, -0.1) is 0 Å². The zero-order valence-corrected chi connectivity index (χ0v) is 12.9. The molecule has 0 aliphatic heterocycles. The Balaban J connectivity index is 2.26. The van der Waals surface area contributed by atoms with Gasteiger partial charge in [0.1, 0.15) is 5.54 Å². The second-order valence-electron chi connectivity index (χ2n) is 6.27. The molecule has 0 radical (unpaired) electrons. The number of carbonyl (C=O) groups excluding carboxylic acids is 1. The average Bonchev–Trinajstić information content (AvgIpc) is 2.42. The second kappa shape index (κ2) is 5.86. The molecule has 3 heteroatoms. The van der Waals surface area contributed by atoms with Gasteiger partial charge in [-0.2, -0.15) is 0 Å². The first-order chi connectivity index (χ1) is 9.47. The van der Waals surface area contributed by atoms with Crippen molar-refractivity contribution in [1.82, 2.24) is 0 Å². The van der Waals surface area contributed by atoms with Crippen LogP contribution in [0.15, 0.2) is 24.3 Å². The van der Waals surface area contributed by atoms with Crippen LogP contribution in [0.3, 0.4) is 0 Å². The summed E-state index contributed by atoms with van der Waals surface area (Å²) in [6.07, 6.45) is 2.71. The highest BCUT2D eigenvalue weighted by Crippen LogP contribution is 2.39. The van der Waals surface area contributed by atoms with Crippen molar-refractivity contribution < 1.29 is 9.53 Å². The predicted molar refractivity (Wildman–Crippen MR) is 81.7 cm³/mol. The number of rotatable bonds is 3. The van der Waals surface area contributed by atoms with Crippen LogP contribution in [0.5, 0.6) is 0 Å². The van der Waals surface area contributed by atoms with Crippen LogP contribution in [0.4, 0.5) is 5.69 Å². The van der Waals surface area contributed by atoms with Gasteiger partial charge in [-0.25, -0.2) is 4.79 Å². The Hall–Kier alpha value is -1.51. The molecule has 3 unspecified atom stereocenters. The molecule has 1 N–H and O–H groups in total. The number of benzene rings is 1. The van der Waals surface area contributed by atoms with Gasteiger partial charge in [0, 0.05) is 5.69 Å². The number of carbonyl (C=O) groups is 1. The number of hydrogen-bond donors (Lipinski definition) is 1. The van der Waals surface area contributed by atoms with E-state index in [0.29, 0.717) is 11.8 Å². The minimum atomic E-state index is -0.575. The zero-order valence-electron chi connectivity index (χ0n) is 12.9. The summed E-state index contributed by atoms with van der Waals surface area (Å²) in [5.41, 5.74) is 1.61. The molecule has 110 valence electrons. The van der Waals surface area contributed by atoms with Gasteiger partial charge in [0.25, 0.3) is 0 Å². The van der Waals surface area contributed by atoms with E-state index in [1.807, 2.05) is 12.1 Å². The Morgan fingerprint density at radius 3 is 2.70 bits per heavy atom. The fourth-order valence-corrected chi connectivity index (χ4v) is 3.16. The molecule has 0 heterocycles. The summed E-state index contributed by atoms with van der Waals surface area (Å²) >= 11 is 0. The van der Waals surface area contributed by atoms with E-state index in [4.69, 9.17) is 4.74 Å². The SMILES string of the molecule is COC(=O)C1(Nc2cccc(C)c2)CCC(C)C(C)C1. The van der Waals surface area contributed by atoms with Crippen molar-refractivity contribution in [2.45, 2.75) is 45.6 Å². The minimum Gasteiger partial charge on any atom is -0.467 e. The first kappa shape index (κ1) is 14.9. The zero-order chi connectivity index (χ0) is 14.8. The standard InChI is InChI=1S/C17H25NO2/c1-12-6-5-7-15(10-12)18-17(16(19)20-4)9-8-13(2)14(3)11-17/h5-7,10,13-14,18H,8-9,11H2,1-4H3. The number of hydrogen-bond acceptors (Lipinski definition) is 3. The number of esters is 1. The molecule has 20 heavy (non-hydrogen) atoms. The lowest BCUT2D eigenvalue weighted by atomic mass is 9.71. The normalized spacial score (nSPS) is 29.8. The Labute approximate surface area is 121 Å². The molecular weight excluding hydrogens is 250 g/mol. The van der Waals surface area contributed by atoms with Gasteiger partial charge in [-0.05, 0) is 55.7 Å². The first-order valence-corrected chi connectivity index (χ1v) is 7.40. The van der Waals surface area contributed by atoms with Crippen LogP contribution in [-0.2, 0) is 9.53 Å². The third-order valence-corrected chi connectivity index (χ3v) is 4.65. The topological polar surface area (TPSA) is 38.3 Å². The Morgan fingerprint density at radius 2 is 2.10 bits per heavy atom. The van der Waals surface area contributed by atoms with Crippen molar-refractivity contribution >= 4 is 11.7 Å². The lowest BCUT2D eigenvalue weighted by Crippen LogP contribution is -2.51. The minimum absolute atomic E-state index is 0.141. The molecule has 1 aliphatic carbocycles. The van der Waals surface area contributed by atoms with Crippen molar-refractivity contribution in [2.75, 3.05) is 12.4 Å². The van der Waals surface area contributed by atoms with E-state index in [9.17, 15) is 4.79 Å². The van der Waals surface area contributed by atoms with Crippen LogP contribution in [-0.4, -0.2) is 18.6 Å². The molecule has 1 aromatic rings. The maximum Gasteiger partial charge on any atom is 0.331 e. The molecule has 1 saturated carbocycles. The van der Waals surface area contributed by atoms with Crippen LogP contribution >= 0.6 is 0 Å². The van der Waals surface area contributed by atoms with Crippen molar-refractivity contribution in [3.05, 3.63) is 29.8 Å². The van der Waals surface area contributed by atoms with E-state index in [1.54, 1.807) is 0 Å². The number of nitrogens with one attached hydrogen (secondary N) is 1. The highest BCUT2D eigenvalue weighted by atomic mass is 16.5. The molecule has 3 nitrogen and oxygen atoms in total. The molecule has 3 atom stereocenters. The van der Waals surface area contributed by atoms with Gasteiger partial charge in [0.2, 0.25) is 0 Å². The fraction of sp³-hybridized carbons (Fsp3) is 0.588. The average molecular weight is 275 g/mol. The molecule has 0 saturated heterocycles. The third-order valence-electron chi connectivity index (χ3n) is 4.65. The van der Waals surface area contributed by atoms with Crippen LogP contribution in [0.25, 0.3) is 0 Å². The van der Waals surface area contributed by atoms with Gasteiger partial charge in [0.05, 0.1) is 7.11 Å². The highest BCUT2D eigenvalue weighted by molar-refractivity contribution is 5.84. The summed E-state index contributed by atoms with van der Waals surface area (Å²) < 4.78 is 5.08. The van der Waals surface area contributed by atoms with Crippen LogP contribution < -0.4 is 5.32 Å². The van der Waals surface area contributed by atoms with E-state index in [0.717, 1.165) is 24.9 Å². The summed E-state index contributed by atoms with van der Waals surface area (Å²) in [4.78, 5) is 12.3. The largest absolute Gasteiger partial charge is 0.467 e. The van der Waals surface area contributed by atoms with Gasteiger partial charge >= 0.3 is 5.97 Å². The van der Waals surface area contributed by atoms with Gasteiger partial charge < -0.3 is 10.1 Å². The summed E-state index contributed by atoms with van der Waals surface area (Å²) in [5.74, 6) is 1.03. The number of methoxy groups -OCH3 is 1. The van der Waals surface area contributed by atoms with E-state index in [-0.39, 0.29) is 5.97 Å². The molecule has 0 bridgehead atoms. The van der Waals surface area contributed by atoms with Crippen LogP contribution in [0, 0.1) is 18.8 Å². The quantitative estimate of drug-likeness (QED) is 0.853. The lowest BCUT2D eigenvalue weighted by Gasteiger charge is -2.41. The molecule has 2 rings (SSSR count). The molecule has 1 aliphatic rings. The Kier molecular flexibility index (Phi) is 4.36. The molecular formula is C17H25NO2. The maximum atomic E-state index is 12.3. The van der Waals surface area contributed by atoms with E-state index in [2.05, 4.69) is 38.2 Å². The summed E-state index contributed by atoms with van der Waals surface area (Å²) in [7, 11) is 1.48. The monoisotopic (exact) mass is 275 g/mol. The number of anilines is 1. The van der Waals surface area contributed by atoms with E-state index in [1.165, 1.54) is 12.7 Å². The summed E-state index contributed by atoms with van der Waals surface area (Å²) in [6.45, 7) is 6.54. The second-order valence-corrected chi connectivity index (χ2v) is 6.27. The van der Waals surface area contributed by atoms with Crippen LogP contribution in [0.1, 0.15) is 38.7 Å². The highest BCUT2D eigenvalue weighted by Gasteiger charge is 2.44. The predicted octanol–water partition coefficient (Wildman–Crippen LogP) is 3.77. The smallest absolute Gasteiger partial charge is 0.331 e. The summed E-state index contributed by atoms with van der Waals surface area (Å²) in [6, 6.07) is 8.16. The fourth-order valence-electron chi connectivity index (χ4n) is 3.16. The van der Waals surface area contributed by atoms with Gasteiger partial charge in [-0.1, -0.05) is 26.0 Å². The van der Waals surface area contributed by atoms with Crippen molar-refractivity contribution in [3.8, 4) is 0 Å². The first-order valence-electron chi connectivity index (χ1n) is 7.40. The molecule has 1 fully saturated rings. The Morgan fingerprint density at radius 1 is 1.35 bits per heavy atom. The van der Waals surface area contributed by atoms with Crippen LogP contribution in [0.2, 0.25) is 0 Å². The lowest BCUT2D eigenvalue weighted by molar-refractivity contribution is -0.148. The molecule has 1 aromatic carbocycles. The van der Waals surface area contributed by atoms with Crippen molar-refractivity contribution in [2.24, 2.45) is 11.8 Å². The van der Waals surface area contributed by atoms with Gasteiger partial charge in [0.15, 0.2) is 0 Å². The van der Waals surface area contributed by atoms with E-state index < -0.39 is 5.54 Å². The third kappa shape index (κ3) is 2.97.